The van der Waals surface area contributed by atoms with Crippen LogP contribution in [0.25, 0.3) is 0 Å². The summed E-state index contributed by atoms with van der Waals surface area (Å²) in [7, 11) is 2.62. The zero-order valence-corrected chi connectivity index (χ0v) is 16.3. The first kappa shape index (κ1) is 19.8. The summed E-state index contributed by atoms with van der Waals surface area (Å²) < 4.78 is 9.22. The fraction of sp³-hybridized carbons (Fsp3) is 0.333. The van der Waals surface area contributed by atoms with Crippen molar-refractivity contribution in [3.8, 4) is 0 Å². The lowest BCUT2D eigenvalue weighted by Gasteiger charge is -2.25. The van der Waals surface area contributed by atoms with Crippen LogP contribution in [0.4, 0.5) is 15.6 Å². The first-order valence-electron chi connectivity index (χ1n) is 8.52. The number of nitrogens with one attached hydrogen (secondary N) is 2. The van der Waals surface area contributed by atoms with Crippen LogP contribution in [0.2, 0.25) is 0 Å². The molecule has 0 fully saturated rings. The van der Waals surface area contributed by atoms with Gasteiger partial charge in [-0.2, -0.15) is 0 Å². The number of benzene rings is 1. The fourth-order valence-electron chi connectivity index (χ4n) is 2.79. The molecule has 0 atom stereocenters. The number of methoxy groups -OCH3 is 2. The van der Waals surface area contributed by atoms with E-state index >= 15 is 0 Å². The summed E-state index contributed by atoms with van der Waals surface area (Å²) in [6.45, 7) is 1.52. The lowest BCUT2D eigenvalue weighted by atomic mass is 10.2. The average Bonchev–Trinajstić information content (AvgIpc) is 3.09. The second-order valence-corrected chi connectivity index (χ2v) is 7.17. The Morgan fingerprint density at radius 3 is 2.57 bits per heavy atom. The molecule has 1 aromatic heterocycles. The highest BCUT2D eigenvalue weighted by atomic mass is 32.1. The van der Waals surface area contributed by atoms with Crippen LogP contribution in [0.1, 0.15) is 20.9 Å². The number of esters is 1. The Hall–Kier alpha value is -2.98. The molecule has 2 heterocycles. The van der Waals surface area contributed by atoms with E-state index < -0.39 is 12.1 Å². The standard InChI is InChI=1S/C18H20N4O5S/c1-26-16(24)11-3-5-12(6-4-11)19-15(23)10-22-8-7-13-14(9-22)28-17(20-13)21-18(25)27-2/h3-6H,7-10H2,1-2H3,(H,19,23)(H,20,21,25). The van der Waals surface area contributed by atoms with Crippen LogP contribution in [-0.2, 0) is 27.2 Å². The van der Waals surface area contributed by atoms with Crippen molar-refractivity contribution in [1.29, 1.82) is 0 Å². The van der Waals surface area contributed by atoms with Crippen molar-refractivity contribution in [2.24, 2.45) is 0 Å². The summed E-state index contributed by atoms with van der Waals surface area (Å²) in [5.74, 6) is -0.570. The molecule has 2 aromatic rings. The smallest absolute Gasteiger partial charge is 0.413 e. The van der Waals surface area contributed by atoms with E-state index in [0.717, 1.165) is 10.6 Å². The maximum absolute atomic E-state index is 12.3. The monoisotopic (exact) mass is 404 g/mol. The summed E-state index contributed by atoms with van der Waals surface area (Å²) in [6.07, 6.45) is 0.149. The van der Waals surface area contributed by atoms with Gasteiger partial charge in [0.2, 0.25) is 5.91 Å². The fourth-order valence-corrected chi connectivity index (χ4v) is 3.82. The molecule has 3 rings (SSSR count). The lowest BCUT2D eigenvalue weighted by molar-refractivity contribution is -0.117. The van der Waals surface area contributed by atoms with Gasteiger partial charge in [-0.1, -0.05) is 11.3 Å². The SMILES string of the molecule is COC(=O)Nc1nc2c(s1)CN(CC(=O)Nc1ccc(C(=O)OC)cc1)CC2. The number of ether oxygens (including phenoxy) is 2. The second kappa shape index (κ2) is 8.81. The largest absolute Gasteiger partial charge is 0.465 e. The topological polar surface area (TPSA) is 110 Å². The predicted molar refractivity (Wildman–Crippen MR) is 104 cm³/mol. The van der Waals surface area contributed by atoms with Crippen LogP contribution >= 0.6 is 11.3 Å². The van der Waals surface area contributed by atoms with Crippen molar-refractivity contribution in [2.75, 3.05) is 37.9 Å². The third-order valence-corrected chi connectivity index (χ3v) is 5.16. The maximum Gasteiger partial charge on any atom is 0.413 e. The molecular formula is C18H20N4O5S. The van der Waals surface area contributed by atoms with E-state index in [9.17, 15) is 14.4 Å². The summed E-state index contributed by atoms with van der Waals surface area (Å²) >= 11 is 1.38. The average molecular weight is 404 g/mol. The van der Waals surface area contributed by atoms with Gasteiger partial charge in [-0.15, -0.1) is 0 Å². The maximum atomic E-state index is 12.3. The summed E-state index contributed by atoms with van der Waals surface area (Å²) in [6, 6.07) is 6.52. The van der Waals surface area contributed by atoms with Gasteiger partial charge in [0.05, 0.1) is 32.0 Å². The molecule has 1 aromatic carbocycles. The van der Waals surface area contributed by atoms with E-state index in [2.05, 4.69) is 25.1 Å². The van der Waals surface area contributed by atoms with E-state index in [0.29, 0.717) is 35.9 Å². The van der Waals surface area contributed by atoms with Crippen LogP contribution in [0.5, 0.6) is 0 Å². The zero-order chi connectivity index (χ0) is 20.1. The zero-order valence-electron chi connectivity index (χ0n) is 15.5. The highest BCUT2D eigenvalue weighted by molar-refractivity contribution is 7.15. The third kappa shape index (κ3) is 4.84. The number of thiazole rings is 1. The molecule has 2 amide bonds. The second-order valence-electron chi connectivity index (χ2n) is 6.08. The summed E-state index contributed by atoms with van der Waals surface area (Å²) in [5.41, 5.74) is 1.97. The molecule has 1 aliphatic rings. The third-order valence-electron chi connectivity index (χ3n) is 4.16. The molecular weight excluding hydrogens is 384 g/mol. The minimum Gasteiger partial charge on any atom is -0.465 e. The van der Waals surface area contributed by atoms with E-state index in [1.54, 1.807) is 24.3 Å². The molecule has 0 saturated heterocycles. The Kier molecular flexibility index (Phi) is 6.22. The predicted octanol–water partition coefficient (Wildman–Crippen LogP) is 2.10. The van der Waals surface area contributed by atoms with Crippen molar-refractivity contribution in [2.45, 2.75) is 13.0 Å². The molecule has 0 saturated carbocycles. The van der Waals surface area contributed by atoms with E-state index in [4.69, 9.17) is 0 Å². The number of amides is 2. The van der Waals surface area contributed by atoms with E-state index in [-0.39, 0.29) is 12.5 Å². The highest BCUT2D eigenvalue weighted by Gasteiger charge is 2.23. The molecule has 0 radical (unpaired) electrons. The van der Waals surface area contributed by atoms with Gasteiger partial charge in [-0.3, -0.25) is 15.0 Å². The quantitative estimate of drug-likeness (QED) is 0.735. The minimum absolute atomic E-state index is 0.147. The lowest BCUT2D eigenvalue weighted by Crippen LogP contribution is -2.36. The van der Waals surface area contributed by atoms with Crippen LogP contribution in [0.15, 0.2) is 24.3 Å². The molecule has 0 unspecified atom stereocenters. The van der Waals surface area contributed by atoms with Gasteiger partial charge in [0, 0.05) is 30.1 Å². The van der Waals surface area contributed by atoms with Crippen LogP contribution in [0.3, 0.4) is 0 Å². The van der Waals surface area contributed by atoms with Gasteiger partial charge in [-0.05, 0) is 24.3 Å². The van der Waals surface area contributed by atoms with Gasteiger partial charge in [-0.25, -0.2) is 14.6 Å². The molecule has 148 valence electrons. The number of hydrogen-bond donors (Lipinski definition) is 2. The van der Waals surface area contributed by atoms with Crippen LogP contribution in [-0.4, -0.2) is 55.2 Å². The van der Waals surface area contributed by atoms with Crippen LogP contribution in [0, 0.1) is 0 Å². The minimum atomic E-state index is -0.555. The number of aromatic nitrogens is 1. The van der Waals surface area contributed by atoms with Crippen LogP contribution < -0.4 is 10.6 Å². The molecule has 0 bridgehead atoms. The highest BCUT2D eigenvalue weighted by Crippen LogP contribution is 2.28. The molecule has 0 aliphatic carbocycles. The van der Waals surface area contributed by atoms with Gasteiger partial charge >= 0.3 is 12.1 Å². The Morgan fingerprint density at radius 2 is 1.89 bits per heavy atom. The van der Waals surface area contributed by atoms with Gasteiger partial charge in [0.25, 0.3) is 0 Å². The number of fused-ring (bicyclic) bond motifs is 1. The van der Waals surface area contributed by atoms with Crippen molar-refractivity contribution >= 4 is 40.1 Å². The number of rotatable bonds is 5. The van der Waals surface area contributed by atoms with Crippen molar-refractivity contribution in [1.82, 2.24) is 9.88 Å². The van der Waals surface area contributed by atoms with E-state index in [1.807, 2.05) is 4.90 Å². The molecule has 28 heavy (non-hydrogen) atoms. The van der Waals surface area contributed by atoms with Crippen molar-refractivity contribution in [3.05, 3.63) is 40.4 Å². The number of hydrogen-bond acceptors (Lipinski definition) is 8. The Morgan fingerprint density at radius 1 is 1.14 bits per heavy atom. The Balaban J connectivity index is 1.54. The molecule has 9 nitrogen and oxygen atoms in total. The first-order valence-corrected chi connectivity index (χ1v) is 9.34. The van der Waals surface area contributed by atoms with Crippen molar-refractivity contribution in [3.63, 3.8) is 0 Å². The van der Waals surface area contributed by atoms with E-state index in [1.165, 1.54) is 25.6 Å². The Bertz CT molecular complexity index is 881. The molecule has 1 aliphatic heterocycles. The summed E-state index contributed by atoms with van der Waals surface area (Å²) in [5, 5.41) is 5.88. The number of carbonyl (C=O) groups is 3. The van der Waals surface area contributed by atoms with Gasteiger partial charge in [0.1, 0.15) is 0 Å². The molecule has 2 N–H and O–H groups in total. The van der Waals surface area contributed by atoms with Gasteiger partial charge < -0.3 is 14.8 Å². The molecule has 10 heteroatoms. The number of anilines is 2. The Labute approximate surface area is 165 Å². The number of carbonyl (C=O) groups excluding carboxylic acids is 3. The summed E-state index contributed by atoms with van der Waals surface area (Å²) in [4.78, 5) is 42.5. The van der Waals surface area contributed by atoms with Crippen molar-refractivity contribution < 1.29 is 23.9 Å². The number of nitrogens with zero attached hydrogens (tertiary/aromatic N) is 2. The van der Waals surface area contributed by atoms with Gasteiger partial charge in [0.15, 0.2) is 5.13 Å². The first-order chi connectivity index (χ1) is 13.5. The molecule has 0 spiro atoms. The normalized spacial score (nSPS) is 13.4.